The van der Waals surface area contributed by atoms with Gasteiger partial charge in [0.2, 0.25) is 0 Å². The van der Waals surface area contributed by atoms with Gasteiger partial charge in [-0.2, -0.15) is 0 Å². The van der Waals surface area contributed by atoms with Crippen LogP contribution in [-0.4, -0.2) is 6.29 Å². The Morgan fingerprint density at radius 1 is 0.842 bits per heavy atom. The molecule has 0 heterocycles. The highest BCUT2D eigenvalue weighted by Gasteiger charge is 2.02. The SMILES string of the molecule is CC.CC.CC.O=Cc1ccccc1.O=P(Cl)(Cl)Cl. The number of hydrogen-bond donors (Lipinski definition) is 0. The summed E-state index contributed by atoms with van der Waals surface area (Å²) in [6, 6.07) is 9.10. The first-order valence-electron chi connectivity index (χ1n) is 6.12. The van der Waals surface area contributed by atoms with E-state index >= 15 is 0 Å². The van der Waals surface area contributed by atoms with Crippen LogP contribution in [0.2, 0.25) is 0 Å². The molecule has 114 valence electrons. The highest BCUT2D eigenvalue weighted by atomic mass is 36.0. The molecular formula is C13H24Cl3O2P. The summed E-state index contributed by atoms with van der Waals surface area (Å²) in [6.07, 6.45) is 0.833. The second-order valence-electron chi connectivity index (χ2n) is 1.93. The van der Waals surface area contributed by atoms with Gasteiger partial charge in [-0.15, -0.1) is 0 Å². The first-order valence-corrected chi connectivity index (χ1v) is 10.5. The number of halogens is 3. The Labute approximate surface area is 132 Å². The number of rotatable bonds is 1. The van der Waals surface area contributed by atoms with E-state index in [1.54, 1.807) is 12.1 Å². The molecule has 0 fully saturated rings. The van der Waals surface area contributed by atoms with Gasteiger partial charge in [0, 0.05) is 5.56 Å². The van der Waals surface area contributed by atoms with Gasteiger partial charge in [-0.1, -0.05) is 71.9 Å². The maximum atomic E-state index is 10.0. The van der Waals surface area contributed by atoms with Crippen LogP contribution in [0.15, 0.2) is 30.3 Å². The number of aldehydes is 1. The summed E-state index contributed by atoms with van der Waals surface area (Å²) in [5.41, 5.74) is 0.729. The van der Waals surface area contributed by atoms with Crippen LogP contribution in [0.1, 0.15) is 51.9 Å². The van der Waals surface area contributed by atoms with Gasteiger partial charge in [-0.3, -0.25) is 9.36 Å². The van der Waals surface area contributed by atoms with E-state index in [1.807, 2.05) is 59.7 Å². The molecule has 0 amide bonds. The van der Waals surface area contributed by atoms with E-state index in [0.29, 0.717) is 0 Å². The van der Waals surface area contributed by atoms with E-state index in [4.69, 9.17) is 0 Å². The molecule has 0 aliphatic carbocycles. The van der Waals surface area contributed by atoms with Gasteiger partial charge in [0.05, 0.1) is 0 Å². The topological polar surface area (TPSA) is 34.1 Å². The fourth-order valence-corrected chi connectivity index (χ4v) is 0.532. The highest BCUT2D eigenvalue weighted by Crippen LogP contribution is 2.61. The minimum atomic E-state index is -3.22. The lowest BCUT2D eigenvalue weighted by Crippen LogP contribution is -1.73. The van der Waals surface area contributed by atoms with Crippen molar-refractivity contribution in [3.05, 3.63) is 35.9 Å². The standard InChI is InChI=1S/C7H6O.3C2H6.Cl3OP/c8-6-7-4-2-1-3-5-7;3*1-2;1-5(2,3)4/h1-6H;3*1-2H3;. The Balaban J connectivity index is -0.0000000892. The van der Waals surface area contributed by atoms with E-state index < -0.39 is 5.20 Å². The summed E-state index contributed by atoms with van der Waals surface area (Å²) in [5, 5.41) is -3.22. The number of benzene rings is 1. The van der Waals surface area contributed by atoms with Crippen LogP contribution in [-0.2, 0) is 4.57 Å². The molecular weight excluding hydrogens is 325 g/mol. The fourth-order valence-electron chi connectivity index (χ4n) is 0.532. The van der Waals surface area contributed by atoms with Gasteiger partial charge in [-0.25, -0.2) is 0 Å². The third kappa shape index (κ3) is 46.1. The van der Waals surface area contributed by atoms with Crippen LogP contribution in [0.3, 0.4) is 0 Å². The van der Waals surface area contributed by atoms with Crippen molar-refractivity contribution >= 4 is 45.2 Å². The second kappa shape index (κ2) is 23.1. The van der Waals surface area contributed by atoms with Crippen molar-refractivity contribution in [2.45, 2.75) is 41.5 Å². The molecule has 0 spiro atoms. The van der Waals surface area contributed by atoms with Crippen LogP contribution in [0, 0.1) is 0 Å². The average Bonchev–Trinajstić information content (AvgIpc) is 2.44. The highest BCUT2D eigenvalue weighted by molar-refractivity contribution is 8.24. The summed E-state index contributed by atoms with van der Waals surface area (Å²) in [7, 11) is 0. The summed E-state index contributed by atoms with van der Waals surface area (Å²) in [6.45, 7) is 12.0. The summed E-state index contributed by atoms with van der Waals surface area (Å²) in [5.74, 6) is 0. The number of carbonyl (C=O) groups is 1. The van der Waals surface area contributed by atoms with Crippen molar-refractivity contribution in [1.29, 1.82) is 0 Å². The van der Waals surface area contributed by atoms with Crippen LogP contribution in [0.4, 0.5) is 0 Å². The Morgan fingerprint density at radius 2 is 1.11 bits per heavy atom. The number of carbonyl (C=O) groups excluding carboxylic acids is 1. The summed E-state index contributed by atoms with van der Waals surface area (Å²) in [4.78, 5) is 10.0. The Morgan fingerprint density at radius 3 is 1.26 bits per heavy atom. The van der Waals surface area contributed by atoms with Crippen LogP contribution in [0.25, 0.3) is 0 Å². The molecule has 1 aromatic carbocycles. The molecule has 0 aliphatic heterocycles. The molecule has 0 aromatic heterocycles. The first-order chi connectivity index (χ1) is 8.93. The zero-order chi connectivity index (χ0) is 16.3. The van der Waals surface area contributed by atoms with Gasteiger partial charge >= 0.3 is 5.20 Å². The van der Waals surface area contributed by atoms with Gasteiger partial charge in [0.25, 0.3) is 0 Å². The lowest BCUT2D eigenvalue weighted by molar-refractivity contribution is 0.112. The predicted molar refractivity (Wildman–Crippen MR) is 91.0 cm³/mol. The van der Waals surface area contributed by atoms with E-state index in [9.17, 15) is 9.36 Å². The summed E-state index contributed by atoms with van der Waals surface area (Å²) >= 11 is 13.8. The van der Waals surface area contributed by atoms with Crippen LogP contribution >= 0.6 is 38.9 Å². The molecule has 0 saturated heterocycles. The van der Waals surface area contributed by atoms with Crippen molar-refractivity contribution in [3.63, 3.8) is 0 Å². The monoisotopic (exact) mass is 348 g/mol. The third-order valence-corrected chi connectivity index (χ3v) is 0.936. The molecule has 0 atom stereocenters. The molecule has 6 heteroatoms. The van der Waals surface area contributed by atoms with E-state index in [0.717, 1.165) is 11.8 Å². The molecule has 0 radical (unpaired) electrons. The van der Waals surface area contributed by atoms with Gasteiger partial charge < -0.3 is 0 Å². The molecule has 0 unspecified atom stereocenters. The Kier molecular flexibility index (Phi) is 33.3. The number of hydrogen-bond acceptors (Lipinski definition) is 2. The van der Waals surface area contributed by atoms with Gasteiger partial charge in [0.1, 0.15) is 6.29 Å². The fraction of sp³-hybridized carbons (Fsp3) is 0.462. The largest absolute Gasteiger partial charge is 0.339 e. The van der Waals surface area contributed by atoms with E-state index in [2.05, 4.69) is 33.7 Å². The zero-order valence-electron chi connectivity index (χ0n) is 12.4. The van der Waals surface area contributed by atoms with Crippen molar-refractivity contribution in [1.82, 2.24) is 0 Å². The molecule has 0 saturated carbocycles. The van der Waals surface area contributed by atoms with Crippen molar-refractivity contribution < 1.29 is 9.36 Å². The molecule has 0 aliphatic rings. The van der Waals surface area contributed by atoms with Crippen molar-refractivity contribution in [2.75, 3.05) is 0 Å². The van der Waals surface area contributed by atoms with Crippen LogP contribution in [0.5, 0.6) is 0 Å². The normalized spacial score (nSPS) is 7.63. The van der Waals surface area contributed by atoms with Crippen molar-refractivity contribution in [3.8, 4) is 0 Å². The predicted octanol–water partition coefficient (Wildman–Crippen LogP) is 7.39. The third-order valence-electron chi connectivity index (χ3n) is 0.936. The average molecular weight is 350 g/mol. The van der Waals surface area contributed by atoms with Gasteiger partial charge in [0.15, 0.2) is 0 Å². The summed E-state index contributed by atoms with van der Waals surface area (Å²) < 4.78 is 9.51. The second-order valence-corrected chi connectivity index (χ2v) is 8.57. The maximum Gasteiger partial charge on any atom is 0.339 e. The van der Waals surface area contributed by atoms with Crippen LogP contribution < -0.4 is 0 Å². The Hall–Kier alpha value is -0.0100. The van der Waals surface area contributed by atoms with Gasteiger partial charge in [-0.05, 0) is 33.7 Å². The molecule has 1 aromatic rings. The quantitative estimate of drug-likeness (QED) is 0.391. The van der Waals surface area contributed by atoms with Crippen molar-refractivity contribution in [2.24, 2.45) is 0 Å². The maximum absolute atomic E-state index is 10.0. The smallest absolute Gasteiger partial charge is 0.298 e. The zero-order valence-corrected chi connectivity index (χ0v) is 15.5. The lowest BCUT2D eigenvalue weighted by Gasteiger charge is -1.81. The molecule has 2 nitrogen and oxygen atoms in total. The lowest BCUT2D eigenvalue weighted by atomic mass is 10.2. The molecule has 0 bridgehead atoms. The van der Waals surface area contributed by atoms with E-state index in [-0.39, 0.29) is 0 Å². The molecule has 0 N–H and O–H groups in total. The molecule has 1 rings (SSSR count). The first kappa shape index (κ1) is 27.4. The molecule has 19 heavy (non-hydrogen) atoms. The van der Waals surface area contributed by atoms with E-state index in [1.165, 1.54) is 0 Å². The minimum Gasteiger partial charge on any atom is -0.298 e. The minimum absolute atomic E-state index is 0.729. The Bertz CT molecular complexity index is 292.